The van der Waals surface area contributed by atoms with Crippen molar-refractivity contribution in [1.29, 1.82) is 0 Å². The maximum Gasteiger partial charge on any atom is 0.223 e. The first-order valence-electron chi connectivity index (χ1n) is 6.70. The molecule has 2 aromatic heterocycles. The lowest BCUT2D eigenvalue weighted by atomic mass is 10.2. The van der Waals surface area contributed by atoms with Crippen LogP contribution in [0, 0.1) is 6.92 Å². The highest BCUT2D eigenvalue weighted by atomic mass is 15.3. The van der Waals surface area contributed by atoms with Crippen molar-refractivity contribution < 1.29 is 0 Å². The van der Waals surface area contributed by atoms with Gasteiger partial charge in [-0.2, -0.15) is 15.1 Å². The average molecular weight is 275 g/mol. The van der Waals surface area contributed by atoms with Gasteiger partial charge in [-0.05, 0) is 13.3 Å². The summed E-state index contributed by atoms with van der Waals surface area (Å²) in [5, 5.41) is 10.7. The van der Waals surface area contributed by atoms with Gasteiger partial charge in [0.25, 0.3) is 0 Å². The minimum absolute atomic E-state index is 0.261. The number of nitrogens with zero attached hydrogens (tertiary/aromatic N) is 4. The van der Waals surface area contributed by atoms with E-state index in [1.165, 1.54) is 0 Å². The topological polar surface area (TPSA) is 93.7 Å². The van der Waals surface area contributed by atoms with Crippen LogP contribution in [-0.4, -0.2) is 26.3 Å². The molecule has 7 heteroatoms. The second-order valence-electron chi connectivity index (χ2n) is 4.66. The zero-order valence-corrected chi connectivity index (χ0v) is 12.1. The van der Waals surface area contributed by atoms with Crippen LogP contribution in [0.25, 0.3) is 0 Å². The summed E-state index contributed by atoms with van der Waals surface area (Å²) >= 11 is 0. The molecule has 7 nitrogen and oxygen atoms in total. The quantitative estimate of drug-likeness (QED) is 0.740. The molecule has 0 aliphatic heterocycles. The number of aryl methyl sites for hydroxylation is 1. The molecule has 0 amide bonds. The molecule has 0 saturated carbocycles. The lowest BCUT2D eigenvalue weighted by Crippen LogP contribution is -2.09. The second kappa shape index (κ2) is 6.23. The molecule has 20 heavy (non-hydrogen) atoms. The van der Waals surface area contributed by atoms with Gasteiger partial charge >= 0.3 is 0 Å². The van der Waals surface area contributed by atoms with Crippen molar-refractivity contribution in [3.63, 3.8) is 0 Å². The standard InChI is InChI=1S/C13H21N7/c1-4-5-15-11-6-12(19-13(14)18-11)16-7-10-8-17-20(3)9(10)2/h6,8H,4-5,7H2,1-3H3,(H4,14,15,16,18,19). The minimum atomic E-state index is 0.261. The fourth-order valence-corrected chi connectivity index (χ4v) is 1.80. The Hall–Kier alpha value is -2.31. The Balaban J connectivity index is 2.05. The molecule has 0 saturated heterocycles. The molecule has 2 heterocycles. The molecule has 2 rings (SSSR count). The number of nitrogens with one attached hydrogen (secondary N) is 2. The maximum absolute atomic E-state index is 5.72. The lowest BCUT2D eigenvalue weighted by molar-refractivity contribution is 0.738. The van der Waals surface area contributed by atoms with Crippen molar-refractivity contribution in [3.8, 4) is 0 Å². The molecule has 108 valence electrons. The molecule has 0 aromatic carbocycles. The normalized spacial score (nSPS) is 10.6. The number of aromatic nitrogens is 4. The predicted molar refractivity (Wildman–Crippen MR) is 80.5 cm³/mol. The first-order chi connectivity index (χ1) is 9.60. The molecule has 0 radical (unpaired) electrons. The molecule has 4 N–H and O–H groups in total. The molecule has 0 unspecified atom stereocenters. The summed E-state index contributed by atoms with van der Waals surface area (Å²) in [6.07, 6.45) is 2.88. The van der Waals surface area contributed by atoms with Gasteiger partial charge in [0.1, 0.15) is 11.6 Å². The zero-order valence-electron chi connectivity index (χ0n) is 12.1. The molecule has 0 aliphatic carbocycles. The number of nitrogen functional groups attached to an aromatic ring is 1. The summed E-state index contributed by atoms with van der Waals surface area (Å²) in [6, 6.07) is 1.86. The summed E-state index contributed by atoms with van der Waals surface area (Å²) in [7, 11) is 1.92. The van der Waals surface area contributed by atoms with Crippen molar-refractivity contribution in [2.24, 2.45) is 7.05 Å². The lowest BCUT2D eigenvalue weighted by Gasteiger charge is -2.09. The third-order valence-corrected chi connectivity index (χ3v) is 3.10. The predicted octanol–water partition coefficient (Wildman–Crippen LogP) is 1.53. The van der Waals surface area contributed by atoms with Crippen molar-refractivity contribution in [2.75, 3.05) is 22.9 Å². The van der Waals surface area contributed by atoms with Crippen molar-refractivity contribution in [3.05, 3.63) is 23.5 Å². The van der Waals surface area contributed by atoms with Gasteiger partial charge in [-0.25, -0.2) is 0 Å². The zero-order chi connectivity index (χ0) is 14.5. The summed E-state index contributed by atoms with van der Waals surface area (Å²) in [5.74, 6) is 1.71. The van der Waals surface area contributed by atoms with E-state index in [2.05, 4.69) is 32.6 Å². The van der Waals surface area contributed by atoms with Gasteiger partial charge < -0.3 is 16.4 Å². The van der Waals surface area contributed by atoms with E-state index in [1.54, 1.807) is 0 Å². The highest BCUT2D eigenvalue weighted by Crippen LogP contribution is 2.14. The minimum Gasteiger partial charge on any atom is -0.370 e. The number of hydrogen-bond acceptors (Lipinski definition) is 6. The van der Waals surface area contributed by atoms with Gasteiger partial charge in [0.05, 0.1) is 6.20 Å². The molecule has 0 fully saturated rings. The smallest absolute Gasteiger partial charge is 0.223 e. The van der Waals surface area contributed by atoms with E-state index in [9.17, 15) is 0 Å². The Labute approximate surface area is 118 Å². The largest absolute Gasteiger partial charge is 0.370 e. The number of nitrogens with two attached hydrogens (primary N) is 1. The Bertz CT molecular complexity index is 576. The summed E-state index contributed by atoms with van der Waals surface area (Å²) in [4.78, 5) is 8.33. The first-order valence-corrected chi connectivity index (χ1v) is 6.70. The van der Waals surface area contributed by atoms with E-state index in [1.807, 2.05) is 30.9 Å². The fraction of sp³-hybridized carbons (Fsp3) is 0.462. The summed E-state index contributed by atoms with van der Waals surface area (Å²) in [6.45, 7) is 5.65. The van der Waals surface area contributed by atoms with Crippen LogP contribution in [0.2, 0.25) is 0 Å². The van der Waals surface area contributed by atoms with Crippen molar-refractivity contribution in [1.82, 2.24) is 19.7 Å². The maximum atomic E-state index is 5.72. The Morgan fingerprint density at radius 2 is 1.95 bits per heavy atom. The highest BCUT2D eigenvalue weighted by Gasteiger charge is 2.05. The van der Waals surface area contributed by atoms with E-state index in [-0.39, 0.29) is 5.95 Å². The highest BCUT2D eigenvalue weighted by molar-refractivity contribution is 5.51. The van der Waals surface area contributed by atoms with Crippen LogP contribution in [0.4, 0.5) is 17.6 Å². The third-order valence-electron chi connectivity index (χ3n) is 3.10. The number of hydrogen-bond donors (Lipinski definition) is 3. The van der Waals surface area contributed by atoms with E-state index >= 15 is 0 Å². The molecule has 0 bridgehead atoms. The molecule has 0 spiro atoms. The van der Waals surface area contributed by atoms with E-state index in [4.69, 9.17) is 5.73 Å². The average Bonchev–Trinajstić information content (AvgIpc) is 2.74. The SMILES string of the molecule is CCCNc1cc(NCc2cnn(C)c2C)nc(N)n1. The van der Waals surface area contributed by atoms with E-state index in [0.29, 0.717) is 12.4 Å². The van der Waals surface area contributed by atoms with Crippen LogP contribution in [0.1, 0.15) is 24.6 Å². The van der Waals surface area contributed by atoms with Crippen LogP contribution in [0.3, 0.4) is 0 Å². The molecular weight excluding hydrogens is 254 g/mol. The van der Waals surface area contributed by atoms with Gasteiger partial charge in [-0.1, -0.05) is 6.92 Å². The van der Waals surface area contributed by atoms with Gasteiger partial charge in [0.2, 0.25) is 5.95 Å². The molecule has 0 aliphatic rings. The van der Waals surface area contributed by atoms with Gasteiger partial charge in [0, 0.05) is 37.5 Å². The first kappa shape index (κ1) is 14.1. The monoisotopic (exact) mass is 275 g/mol. The van der Waals surface area contributed by atoms with Crippen LogP contribution >= 0.6 is 0 Å². The Kier molecular flexibility index (Phi) is 4.39. The number of anilines is 3. The molecule has 2 aromatic rings. The van der Waals surface area contributed by atoms with Crippen LogP contribution in [0.5, 0.6) is 0 Å². The van der Waals surface area contributed by atoms with Gasteiger partial charge in [-0.15, -0.1) is 0 Å². The molecular formula is C13H21N7. The van der Waals surface area contributed by atoms with Crippen LogP contribution in [0.15, 0.2) is 12.3 Å². The van der Waals surface area contributed by atoms with Gasteiger partial charge in [0.15, 0.2) is 0 Å². The van der Waals surface area contributed by atoms with Crippen molar-refractivity contribution >= 4 is 17.6 Å². The fourth-order valence-electron chi connectivity index (χ4n) is 1.80. The van der Waals surface area contributed by atoms with E-state index < -0.39 is 0 Å². The Morgan fingerprint density at radius 1 is 1.25 bits per heavy atom. The molecule has 0 atom stereocenters. The van der Waals surface area contributed by atoms with Crippen LogP contribution < -0.4 is 16.4 Å². The van der Waals surface area contributed by atoms with E-state index in [0.717, 1.165) is 30.0 Å². The summed E-state index contributed by atoms with van der Waals surface area (Å²) in [5.41, 5.74) is 7.98. The summed E-state index contributed by atoms with van der Waals surface area (Å²) < 4.78 is 1.85. The number of rotatable bonds is 6. The third kappa shape index (κ3) is 3.37. The van der Waals surface area contributed by atoms with Crippen molar-refractivity contribution in [2.45, 2.75) is 26.8 Å². The Morgan fingerprint density at radius 3 is 2.55 bits per heavy atom. The second-order valence-corrected chi connectivity index (χ2v) is 4.66. The van der Waals surface area contributed by atoms with Crippen LogP contribution in [-0.2, 0) is 13.6 Å². The van der Waals surface area contributed by atoms with Gasteiger partial charge in [-0.3, -0.25) is 4.68 Å².